The number of hydrogen-bond acceptors (Lipinski definition) is 5. The summed E-state index contributed by atoms with van der Waals surface area (Å²) in [6.45, 7) is 0.375. The highest BCUT2D eigenvalue weighted by molar-refractivity contribution is 5.95. The maximum absolute atomic E-state index is 12.6. The van der Waals surface area contributed by atoms with Crippen molar-refractivity contribution in [3.63, 3.8) is 0 Å². The quantitative estimate of drug-likeness (QED) is 0.399. The first kappa shape index (κ1) is 21.4. The van der Waals surface area contributed by atoms with Crippen molar-refractivity contribution in [3.8, 4) is 5.75 Å². The molecule has 8 heteroatoms. The minimum absolute atomic E-state index is 0.0901. The first-order valence-electron chi connectivity index (χ1n) is 9.41. The second kappa shape index (κ2) is 10.5. The monoisotopic (exact) mass is 389 g/mol. The zero-order valence-electron chi connectivity index (χ0n) is 15.6. The topological polar surface area (TPSA) is 142 Å². The van der Waals surface area contributed by atoms with Crippen LogP contribution in [-0.4, -0.2) is 46.6 Å². The lowest BCUT2D eigenvalue weighted by molar-refractivity contribution is -0.142. The van der Waals surface area contributed by atoms with E-state index in [9.17, 15) is 24.6 Å². The average Bonchev–Trinajstić information content (AvgIpc) is 3.12. The van der Waals surface area contributed by atoms with E-state index in [4.69, 9.17) is 5.73 Å². The van der Waals surface area contributed by atoms with Crippen molar-refractivity contribution < 1.29 is 24.6 Å². The lowest BCUT2D eigenvalue weighted by atomic mass is 10.0. The predicted molar refractivity (Wildman–Crippen MR) is 104 cm³/mol. The summed E-state index contributed by atoms with van der Waals surface area (Å²) in [5.74, 6) is -2.28. The lowest BCUT2D eigenvalue weighted by Crippen LogP contribution is -2.51. The van der Waals surface area contributed by atoms with Crippen molar-refractivity contribution in [2.24, 2.45) is 11.7 Å². The number of amides is 2. The van der Waals surface area contributed by atoms with E-state index in [0.29, 0.717) is 37.8 Å². The van der Waals surface area contributed by atoms with Crippen LogP contribution in [-0.2, 0) is 14.4 Å². The number of carbonyl (C=O) groups is 3. The van der Waals surface area contributed by atoms with Crippen LogP contribution in [0.25, 0.3) is 6.08 Å². The molecule has 8 nitrogen and oxygen atoms in total. The molecule has 28 heavy (non-hydrogen) atoms. The number of rotatable bonds is 9. The Morgan fingerprint density at radius 1 is 1.29 bits per heavy atom. The zero-order valence-corrected chi connectivity index (χ0v) is 15.6. The van der Waals surface area contributed by atoms with Gasteiger partial charge in [0.1, 0.15) is 11.8 Å². The van der Waals surface area contributed by atoms with Crippen LogP contribution in [0.1, 0.15) is 37.7 Å². The number of aliphatic carboxylic acids is 1. The number of carbonyl (C=O) groups excluding carboxylic acids is 2. The summed E-state index contributed by atoms with van der Waals surface area (Å²) in [7, 11) is 0. The zero-order chi connectivity index (χ0) is 20.5. The highest BCUT2D eigenvalue weighted by Crippen LogP contribution is 2.26. The molecule has 0 unspecified atom stereocenters. The third kappa shape index (κ3) is 6.38. The van der Waals surface area contributed by atoms with Gasteiger partial charge in [-0.1, -0.05) is 18.6 Å². The predicted octanol–water partition coefficient (Wildman–Crippen LogP) is 0.999. The maximum atomic E-state index is 12.6. The van der Waals surface area contributed by atoms with Crippen molar-refractivity contribution in [1.82, 2.24) is 10.6 Å². The number of hydrogen-bond donors (Lipinski definition) is 5. The normalized spacial score (nSPS) is 20.0. The van der Waals surface area contributed by atoms with E-state index in [1.165, 1.54) is 24.3 Å². The fraction of sp³-hybridized carbons (Fsp3) is 0.450. The van der Waals surface area contributed by atoms with E-state index < -0.39 is 35.8 Å². The smallest absolute Gasteiger partial charge is 0.308 e. The number of aromatic hydroxyl groups is 1. The van der Waals surface area contributed by atoms with E-state index in [-0.39, 0.29) is 5.75 Å². The first-order valence-corrected chi connectivity index (χ1v) is 9.41. The molecule has 2 rings (SSSR count). The van der Waals surface area contributed by atoms with Crippen molar-refractivity contribution in [3.05, 3.63) is 35.9 Å². The molecule has 1 fully saturated rings. The van der Waals surface area contributed by atoms with E-state index in [1.54, 1.807) is 12.1 Å². The van der Waals surface area contributed by atoms with Crippen molar-refractivity contribution in [2.75, 3.05) is 6.54 Å². The molecule has 6 N–H and O–H groups in total. The minimum atomic E-state index is -0.917. The molecule has 0 heterocycles. The van der Waals surface area contributed by atoms with E-state index in [1.807, 2.05) is 0 Å². The Labute approximate surface area is 163 Å². The van der Waals surface area contributed by atoms with Crippen LogP contribution in [0.5, 0.6) is 5.75 Å². The van der Waals surface area contributed by atoms with Gasteiger partial charge in [-0.3, -0.25) is 14.4 Å². The van der Waals surface area contributed by atoms with Gasteiger partial charge in [-0.15, -0.1) is 0 Å². The molecule has 0 aliphatic heterocycles. The molecule has 3 atom stereocenters. The van der Waals surface area contributed by atoms with Crippen LogP contribution in [0.2, 0.25) is 0 Å². The summed E-state index contributed by atoms with van der Waals surface area (Å²) in [6, 6.07) is 5.20. The second-order valence-corrected chi connectivity index (χ2v) is 6.91. The van der Waals surface area contributed by atoms with Gasteiger partial charge in [0.25, 0.3) is 0 Å². The Balaban J connectivity index is 1.98. The average molecular weight is 389 g/mol. The summed E-state index contributed by atoms with van der Waals surface area (Å²) in [5.41, 5.74) is 6.17. The number of carboxylic acids is 1. The summed E-state index contributed by atoms with van der Waals surface area (Å²) >= 11 is 0. The molecule has 0 bridgehead atoms. The van der Waals surface area contributed by atoms with Gasteiger partial charge in [-0.25, -0.2) is 0 Å². The Hall–Kier alpha value is -2.87. The number of benzene rings is 1. The van der Waals surface area contributed by atoms with Gasteiger partial charge < -0.3 is 26.6 Å². The van der Waals surface area contributed by atoms with Crippen LogP contribution in [0.15, 0.2) is 30.3 Å². The lowest BCUT2D eigenvalue weighted by Gasteiger charge is -2.22. The van der Waals surface area contributed by atoms with Gasteiger partial charge in [0.2, 0.25) is 11.8 Å². The number of carboxylic acid groups (broad SMARTS) is 1. The molecule has 1 saturated carbocycles. The highest BCUT2D eigenvalue weighted by atomic mass is 16.4. The van der Waals surface area contributed by atoms with Gasteiger partial charge in [-0.05, 0) is 56.0 Å². The van der Waals surface area contributed by atoms with Gasteiger partial charge in [-0.2, -0.15) is 0 Å². The van der Waals surface area contributed by atoms with E-state index >= 15 is 0 Å². The molecule has 1 aromatic rings. The highest BCUT2D eigenvalue weighted by Gasteiger charge is 2.35. The minimum Gasteiger partial charge on any atom is -0.508 e. The van der Waals surface area contributed by atoms with Gasteiger partial charge in [0.15, 0.2) is 0 Å². The molecule has 0 radical (unpaired) electrons. The molecule has 1 aliphatic carbocycles. The Bertz CT molecular complexity index is 734. The number of nitrogens with two attached hydrogens (primary N) is 1. The summed E-state index contributed by atoms with van der Waals surface area (Å²) < 4.78 is 0. The molecule has 0 spiro atoms. The van der Waals surface area contributed by atoms with Crippen molar-refractivity contribution in [1.29, 1.82) is 0 Å². The Morgan fingerprint density at radius 3 is 2.75 bits per heavy atom. The third-order valence-electron chi connectivity index (χ3n) is 4.79. The SMILES string of the molecule is NCCC[C@H](NC(=O)/C=C/c1cccc(O)c1)C(=O)N[C@H]1CCC[C@H]1C(=O)O. The fourth-order valence-corrected chi connectivity index (χ4v) is 3.32. The molecule has 0 aromatic heterocycles. The van der Waals surface area contributed by atoms with E-state index in [2.05, 4.69) is 10.6 Å². The number of phenols is 1. The largest absolute Gasteiger partial charge is 0.508 e. The molecular formula is C20H27N3O5. The van der Waals surface area contributed by atoms with Gasteiger partial charge >= 0.3 is 5.97 Å². The Kier molecular flexibility index (Phi) is 8.01. The van der Waals surface area contributed by atoms with Crippen molar-refractivity contribution >= 4 is 23.9 Å². The molecule has 0 saturated heterocycles. The first-order chi connectivity index (χ1) is 13.4. The maximum Gasteiger partial charge on any atom is 0.308 e. The van der Waals surface area contributed by atoms with Gasteiger partial charge in [0.05, 0.1) is 5.92 Å². The number of nitrogens with one attached hydrogen (secondary N) is 2. The Morgan fingerprint density at radius 2 is 2.07 bits per heavy atom. The molecule has 2 amide bonds. The van der Waals surface area contributed by atoms with Crippen LogP contribution >= 0.6 is 0 Å². The fourth-order valence-electron chi connectivity index (χ4n) is 3.32. The third-order valence-corrected chi connectivity index (χ3v) is 4.79. The van der Waals surface area contributed by atoms with Crippen LogP contribution in [0, 0.1) is 5.92 Å². The molecule has 1 aromatic carbocycles. The molecular weight excluding hydrogens is 362 g/mol. The summed E-state index contributed by atoms with van der Waals surface area (Å²) in [5, 5.41) is 24.1. The van der Waals surface area contributed by atoms with Crippen molar-refractivity contribution in [2.45, 2.75) is 44.2 Å². The van der Waals surface area contributed by atoms with Crippen LogP contribution < -0.4 is 16.4 Å². The molecule has 152 valence electrons. The van der Waals surface area contributed by atoms with Crippen LogP contribution in [0.3, 0.4) is 0 Å². The standard InChI is InChI=1S/C20H27N3O5/c21-11-3-8-17(19(26)23-16-7-2-6-15(16)20(27)28)22-18(25)10-9-13-4-1-5-14(24)12-13/h1,4-5,9-10,12,15-17,24H,2-3,6-8,11,21H2,(H,22,25)(H,23,26)(H,27,28)/b10-9+/t15-,16+,17+/m1/s1. The van der Waals surface area contributed by atoms with Crippen LogP contribution in [0.4, 0.5) is 0 Å². The van der Waals surface area contributed by atoms with E-state index in [0.717, 1.165) is 6.42 Å². The number of phenolic OH excluding ortho intramolecular Hbond substituents is 1. The second-order valence-electron chi connectivity index (χ2n) is 6.91. The summed E-state index contributed by atoms with van der Waals surface area (Å²) in [6.07, 6.45) is 5.61. The molecule has 1 aliphatic rings. The van der Waals surface area contributed by atoms with Gasteiger partial charge in [0, 0.05) is 12.1 Å². The summed E-state index contributed by atoms with van der Waals surface area (Å²) in [4.78, 5) is 36.1.